The molecule has 0 aliphatic carbocycles. The molecule has 31 heavy (non-hydrogen) atoms. The number of nitro groups is 1. The van der Waals surface area contributed by atoms with Crippen molar-refractivity contribution < 1.29 is 9.72 Å². The third-order valence-electron chi connectivity index (χ3n) is 4.87. The van der Waals surface area contributed by atoms with E-state index < -0.39 is 4.92 Å². The van der Waals surface area contributed by atoms with Gasteiger partial charge in [-0.15, -0.1) is 0 Å². The molecule has 1 amide bonds. The average molecular weight is 423 g/mol. The first-order chi connectivity index (χ1) is 15.0. The van der Waals surface area contributed by atoms with Crippen LogP contribution in [0, 0.1) is 10.1 Å². The third-order valence-corrected chi connectivity index (χ3v) is 4.87. The minimum Gasteiger partial charge on any atom is -0.383 e. The second-order valence-electron chi connectivity index (χ2n) is 7.12. The molecule has 1 aromatic heterocycles. The number of aromatic nitrogens is 2. The number of carbonyl (C=O) groups is 1. The molecule has 0 aliphatic heterocycles. The summed E-state index contributed by atoms with van der Waals surface area (Å²) < 4.78 is 1.38. The lowest BCUT2D eigenvalue weighted by atomic mass is 10.1. The maximum absolute atomic E-state index is 12.8. The van der Waals surface area contributed by atoms with Gasteiger partial charge in [0, 0.05) is 42.8 Å². The van der Waals surface area contributed by atoms with Crippen LogP contribution in [0.1, 0.15) is 36.7 Å². The molecule has 162 valence electrons. The normalized spacial score (nSPS) is 10.7. The first-order valence-electron chi connectivity index (χ1n) is 10.3. The van der Waals surface area contributed by atoms with Crippen LogP contribution in [0.3, 0.4) is 0 Å². The molecule has 2 aromatic carbocycles. The van der Waals surface area contributed by atoms with Crippen LogP contribution in [0.15, 0.2) is 53.3 Å². The van der Waals surface area contributed by atoms with Gasteiger partial charge in [0.2, 0.25) is 0 Å². The van der Waals surface area contributed by atoms with Gasteiger partial charge in [-0.2, -0.15) is 5.10 Å². The van der Waals surface area contributed by atoms with Crippen molar-refractivity contribution >= 4 is 28.1 Å². The molecule has 0 aliphatic rings. The Morgan fingerprint density at radius 1 is 1.06 bits per heavy atom. The highest BCUT2D eigenvalue weighted by atomic mass is 16.6. The van der Waals surface area contributed by atoms with Crippen molar-refractivity contribution in [1.29, 1.82) is 0 Å². The summed E-state index contributed by atoms with van der Waals surface area (Å²) in [6.45, 7) is 3.30. The number of unbranched alkanes of at least 4 members (excludes halogenated alkanes) is 2. The zero-order valence-corrected chi connectivity index (χ0v) is 17.3. The monoisotopic (exact) mass is 423 g/mol. The van der Waals surface area contributed by atoms with Crippen molar-refractivity contribution in [3.63, 3.8) is 0 Å². The first-order valence-corrected chi connectivity index (χ1v) is 10.3. The Bertz CT molecular complexity index is 1120. The van der Waals surface area contributed by atoms with E-state index in [4.69, 9.17) is 0 Å². The molecule has 1 heterocycles. The molecule has 0 fully saturated rings. The lowest BCUT2D eigenvalue weighted by Gasteiger charge is -2.12. The lowest BCUT2D eigenvalue weighted by molar-refractivity contribution is -0.384. The van der Waals surface area contributed by atoms with E-state index in [1.54, 1.807) is 36.4 Å². The summed E-state index contributed by atoms with van der Waals surface area (Å²) in [4.78, 5) is 35.7. The van der Waals surface area contributed by atoms with Gasteiger partial charge in [-0.3, -0.25) is 19.7 Å². The fraction of sp³-hybridized carbons (Fsp3) is 0.318. The summed E-state index contributed by atoms with van der Waals surface area (Å²) in [6, 6.07) is 13.0. The zero-order chi connectivity index (χ0) is 22.2. The number of fused-ring (bicyclic) bond motifs is 1. The Morgan fingerprint density at radius 2 is 1.77 bits per heavy atom. The number of amides is 1. The van der Waals surface area contributed by atoms with Gasteiger partial charge in [0.05, 0.1) is 10.3 Å². The van der Waals surface area contributed by atoms with Crippen LogP contribution in [-0.2, 0) is 6.54 Å². The molecular weight excluding hydrogens is 398 g/mol. The second-order valence-corrected chi connectivity index (χ2v) is 7.12. The van der Waals surface area contributed by atoms with E-state index in [9.17, 15) is 19.7 Å². The number of nitrogens with one attached hydrogen (secondary N) is 2. The average Bonchev–Trinajstić information content (AvgIpc) is 2.78. The number of nitrogens with zero attached hydrogens (tertiary/aromatic N) is 3. The molecule has 0 bridgehead atoms. The Morgan fingerprint density at radius 3 is 2.45 bits per heavy atom. The molecule has 0 radical (unpaired) electrons. The summed E-state index contributed by atoms with van der Waals surface area (Å²) in [6.07, 6.45) is 2.83. The summed E-state index contributed by atoms with van der Waals surface area (Å²) in [5.74, 6) is -0.356. The zero-order valence-electron chi connectivity index (χ0n) is 17.3. The van der Waals surface area contributed by atoms with Crippen LogP contribution in [-0.4, -0.2) is 33.7 Å². The minimum atomic E-state index is -0.455. The van der Waals surface area contributed by atoms with Gasteiger partial charge in [-0.1, -0.05) is 38.0 Å². The van der Waals surface area contributed by atoms with Crippen molar-refractivity contribution in [3.05, 3.63) is 74.7 Å². The standard InChI is InChI=1S/C22H25N5O4/c1-2-3-6-15-26-22(29)19-8-5-4-7-18(19)20(25-26)21(28)24-14-13-23-16-9-11-17(12-10-16)27(30)31/h4-5,7-12,23H,2-3,6,13-15H2,1H3,(H,24,28). The number of anilines is 1. The summed E-state index contributed by atoms with van der Waals surface area (Å²) >= 11 is 0. The van der Waals surface area contributed by atoms with Crippen molar-refractivity contribution in [2.45, 2.75) is 32.7 Å². The van der Waals surface area contributed by atoms with Gasteiger partial charge in [0.15, 0.2) is 5.69 Å². The number of aryl methyl sites for hydroxylation is 1. The predicted octanol–water partition coefficient (Wildman–Crippen LogP) is 3.34. The highest BCUT2D eigenvalue weighted by molar-refractivity contribution is 6.04. The molecule has 9 heteroatoms. The van der Waals surface area contributed by atoms with E-state index >= 15 is 0 Å². The Labute approximate surface area is 179 Å². The van der Waals surface area contributed by atoms with Crippen LogP contribution >= 0.6 is 0 Å². The molecule has 0 spiro atoms. The fourth-order valence-corrected chi connectivity index (χ4v) is 3.23. The summed E-state index contributed by atoms with van der Waals surface area (Å²) in [7, 11) is 0. The minimum absolute atomic E-state index is 0.0193. The molecule has 3 aromatic rings. The molecule has 9 nitrogen and oxygen atoms in total. The van der Waals surface area contributed by atoms with Crippen molar-refractivity contribution in [1.82, 2.24) is 15.1 Å². The first kappa shape index (κ1) is 21.9. The molecule has 0 unspecified atom stereocenters. The van der Waals surface area contributed by atoms with E-state index in [0.717, 1.165) is 19.3 Å². The Hall–Kier alpha value is -3.75. The van der Waals surface area contributed by atoms with Gasteiger partial charge >= 0.3 is 0 Å². The van der Waals surface area contributed by atoms with Gasteiger partial charge in [-0.05, 0) is 24.6 Å². The molecule has 0 saturated heterocycles. The van der Waals surface area contributed by atoms with Crippen molar-refractivity contribution in [2.24, 2.45) is 0 Å². The summed E-state index contributed by atoms with van der Waals surface area (Å²) in [5, 5.41) is 22.0. The molecule has 0 atom stereocenters. The van der Waals surface area contributed by atoms with E-state index in [1.807, 2.05) is 0 Å². The number of non-ortho nitro benzene ring substituents is 1. The number of benzene rings is 2. The maximum Gasteiger partial charge on any atom is 0.274 e. The van der Waals surface area contributed by atoms with Crippen molar-refractivity contribution in [3.8, 4) is 0 Å². The molecule has 0 saturated carbocycles. The highest BCUT2D eigenvalue weighted by Gasteiger charge is 2.16. The lowest BCUT2D eigenvalue weighted by Crippen LogP contribution is -2.33. The highest BCUT2D eigenvalue weighted by Crippen LogP contribution is 2.15. The van der Waals surface area contributed by atoms with E-state index in [-0.39, 0.29) is 22.8 Å². The van der Waals surface area contributed by atoms with Gasteiger partial charge in [0.25, 0.3) is 17.2 Å². The molecule has 2 N–H and O–H groups in total. The van der Waals surface area contributed by atoms with Crippen LogP contribution in [0.4, 0.5) is 11.4 Å². The van der Waals surface area contributed by atoms with Gasteiger partial charge in [0.1, 0.15) is 0 Å². The van der Waals surface area contributed by atoms with Gasteiger partial charge < -0.3 is 10.6 Å². The number of rotatable bonds is 10. The summed E-state index contributed by atoms with van der Waals surface area (Å²) in [5.41, 5.74) is 0.767. The third kappa shape index (κ3) is 5.44. The fourth-order valence-electron chi connectivity index (χ4n) is 3.23. The Kier molecular flexibility index (Phi) is 7.31. The number of hydrogen-bond donors (Lipinski definition) is 2. The van der Waals surface area contributed by atoms with Crippen LogP contribution in [0.5, 0.6) is 0 Å². The number of nitro benzene ring substituents is 1. The SMILES string of the molecule is CCCCCn1nc(C(=O)NCCNc2ccc([N+](=O)[O-])cc2)c2ccccc2c1=O. The quantitative estimate of drug-likeness (QED) is 0.293. The van der Waals surface area contributed by atoms with E-state index in [0.29, 0.717) is 36.1 Å². The molecular formula is C22H25N5O4. The van der Waals surface area contributed by atoms with E-state index in [1.165, 1.54) is 16.8 Å². The van der Waals surface area contributed by atoms with E-state index in [2.05, 4.69) is 22.7 Å². The second kappa shape index (κ2) is 10.3. The Balaban J connectivity index is 1.67. The number of hydrogen-bond acceptors (Lipinski definition) is 6. The van der Waals surface area contributed by atoms with Crippen molar-refractivity contribution in [2.75, 3.05) is 18.4 Å². The maximum atomic E-state index is 12.8. The van der Waals surface area contributed by atoms with Crippen LogP contribution in [0.25, 0.3) is 10.8 Å². The predicted molar refractivity (Wildman–Crippen MR) is 119 cm³/mol. The smallest absolute Gasteiger partial charge is 0.274 e. The van der Waals surface area contributed by atoms with Gasteiger partial charge in [-0.25, -0.2) is 4.68 Å². The molecule has 3 rings (SSSR count). The van der Waals surface area contributed by atoms with Crippen LogP contribution < -0.4 is 16.2 Å². The largest absolute Gasteiger partial charge is 0.383 e. The number of carbonyl (C=O) groups excluding carboxylic acids is 1. The topological polar surface area (TPSA) is 119 Å². The van der Waals surface area contributed by atoms with Crippen LogP contribution in [0.2, 0.25) is 0 Å².